The maximum absolute atomic E-state index is 11.0. The van der Waals surface area contributed by atoms with Gasteiger partial charge in [-0.1, -0.05) is 31.5 Å². The Bertz CT molecular complexity index is 381. The average molecular weight is 248 g/mol. The van der Waals surface area contributed by atoms with E-state index in [1.165, 1.54) is 5.69 Å². The molecule has 0 unspecified atom stereocenters. The van der Waals surface area contributed by atoms with Gasteiger partial charge in [0.2, 0.25) is 0 Å². The van der Waals surface area contributed by atoms with Gasteiger partial charge in [0.1, 0.15) is 6.10 Å². The molecule has 4 heteroatoms. The molecule has 18 heavy (non-hydrogen) atoms. The minimum atomic E-state index is -0.302. The highest BCUT2D eigenvalue weighted by atomic mass is 16.6. The number of carbonyl (C=O) groups excluding carboxylic acids is 1. The van der Waals surface area contributed by atoms with Crippen LogP contribution in [0.2, 0.25) is 0 Å². The molecule has 4 nitrogen and oxygen atoms in total. The van der Waals surface area contributed by atoms with Crippen LogP contribution in [0.4, 0.5) is 10.5 Å². The third-order valence-electron chi connectivity index (χ3n) is 3.07. The Morgan fingerprint density at radius 1 is 1.39 bits per heavy atom. The van der Waals surface area contributed by atoms with Gasteiger partial charge in [0.25, 0.3) is 0 Å². The predicted octanol–water partition coefficient (Wildman–Crippen LogP) is 2.40. The predicted molar refractivity (Wildman–Crippen MR) is 71.8 cm³/mol. The van der Waals surface area contributed by atoms with E-state index in [2.05, 4.69) is 29.3 Å². The minimum Gasteiger partial charge on any atom is -0.442 e. The zero-order valence-electron chi connectivity index (χ0n) is 10.8. The number of cyclic esters (lactones) is 1. The highest BCUT2D eigenvalue weighted by molar-refractivity contribution is 5.69. The van der Waals surface area contributed by atoms with Gasteiger partial charge in [0.15, 0.2) is 0 Å². The first kappa shape index (κ1) is 12.7. The highest BCUT2D eigenvalue weighted by Gasteiger charge is 2.24. The molecule has 1 aromatic carbocycles. The van der Waals surface area contributed by atoms with Crippen molar-refractivity contribution in [2.24, 2.45) is 0 Å². The first-order valence-electron chi connectivity index (χ1n) is 6.54. The fourth-order valence-electron chi connectivity index (χ4n) is 2.09. The Hall–Kier alpha value is -1.71. The fourth-order valence-corrected chi connectivity index (χ4v) is 2.09. The Morgan fingerprint density at radius 2 is 2.17 bits per heavy atom. The van der Waals surface area contributed by atoms with E-state index in [0.717, 1.165) is 25.9 Å². The van der Waals surface area contributed by atoms with E-state index in [4.69, 9.17) is 4.74 Å². The van der Waals surface area contributed by atoms with Crippen molar-refractivity contribution < 1.29 is 9.53 Å². The Kier molecular flexibility index (Phi) is 4.45. The number of rotatable bonds is 6. The summed E-state index contributed by atoms with van der Waals surface area (Å²) in [5.41, 5.74) is 1.19. The maximum Gasteiger partial charge on any atom is 0.407 e. The Balaban J connectivity index is 1.98. The van der Waals surface area contributed by atoms with Crippen LogP contribution in [0.1, 0.15) is 19.8 Å². The van der Waals surface area contributed by atoms with E-state index in [0.29, 0.717) is 6.54 Å². The van der Waals surface area contributed by atoms with Gasteiger partial charge in [0.05, 0.1) is 13.1 Å². The van der Waals surface area contributed by atoms with Gasteiger partial charge in [0, 0.05) is 12.2 Å². The van der Waals surface area contributed by atoms with Gasteiger partial charge in [-0.05, 0) is 18.6 Å². The van der Waals surface area contributed by atoms with E-state index in [1.54, 1.807) is 0 Å². The quantitative estimate of drug-likeness (QED) is 0.840. The van der Waals surface area contributed by atoms with E-state index in [9.17, 15) is 4.79 Å². The monoisotopic (exact) mass is 248 g/mol. The van der Waals surface area contributed by atoms with E-state index >= 15 is 0 Å². The number of hydrogen-bond donors (Lipinski definition) is 1. The molecule has 0 saturated carbocycles. The van der Waals surface area contributed by atoms with Gasteiger partial charge < -0.3 is 15.0 Å². The molecule has 98 valence electrons. The minimum absolute atomic E-state index is 0.0467. The molecule has 1 saturated heterocycles. The maximum atomic E-state index is 11.0. The second-order valence-corrected chi connectivity index (χ2v) is 4.54. The summed E-state index contributed by atoms with van der Waals surface area (Å²) in [7, 11) is 0. The molecule has 1 aliphatic rings. The summed E-state index contributed by atoms with van der Waals surface area (Å²) < 4.78 is 5.20. The Morgan fingerprint density at radius 3 is 2.78 bits per heavy atom. The number of nitrogens with zero attached hydrogens (tertiary/aromatic N) is 1. The van der Waals surface area contributed by atoms with Crippen LogP contribution in [-0.4, -0.2) is 31.8 Å². The lowest BCUT2D eigenvalue weighted by Crippen LogP contribution is -2.35. The normalized spacial score (nSPS) is 18.3. The average Bonchev–Trinajstić information content (AvgIpc) is 2.81. The molecule has 2 rings (SSSR count). The van der Waals surface area contributed by atoms with E-state index in [1.807, 2.05) is 18.2 Å². The molecule has 0 aliphatic carbocycles. The molecule has 1 aliphatic heterocycles. The SMILES string of the molecule is CCCCN(C[C@@H]1CNC(=O)O1)c1ccccc1. The van der Waals surface area contributed by atoms with Crippen molar-refractivity contribution in [1.82, 2.24) is 5.32 Å². The van der Waals surface area contributed by atoms with Crippen molar-refractivity contribution in [2.75, 3.05) is 24.5 Å². The van der Waals surface area contributed by atoms with Crippen LogP contribution in [0.25, 0.3) is 0 Å². The summed E-state index contributed by atoms with van der Waals surface area (Å²) in [5, 5.41) is 2.69. The third-order valence-corrected chi connectivity index (χ3v) is 3.07. The number of carbonyl (C=O) groups is 1. The molecule has 1 fully saturated rings. The summed E-state index contributed by atoms with van der Waals surface area (Å²) in [6.45, 7) is 4.53. The molecule has 1 aromatic rings. The molecule has 1 N–H and O–H groups in total. The fraction of sp³-hybridized carbons (Fsp3) is 0.500. The van der Waals surface area contributed by atoms with Crippen molar-refractivity contribution in [3.63, 3.8) is 0 Å². The Labute approximate surface area is 108 Å². The van der Waals surface area contributed by atoms with Gasteiger partial charge in [-0.15, -0.1) is 0 Å². The number of unbranched alkanes of at least 4 members (excludes halogenated alkanes) is 1. The number of hydrogen-bond acceptors (Lipinski definition) is 3. The van der Waals surface area contributed by atoms with E-state index in [-0.39, 0.29) is 12.2 Å². The van der Waals surface area contributed by atoms with E-state index < -0.39 is 0 Å². The second-order valence-electron chi connectivity index (χ2n) is 4.54. The van der Waals surface area contributed by atoms with Crippen molar-refractivity contribution in [1.29, 1.82) is 0 Å². The highest BCUT2D eigenvalue weighted by Crippen LogP contribution is 2.16. The number of anilines is 1. The molecule has 0 spiro atoms. The van der Waals surface area contributed by atoms with Gasteiger partial charge in [-0.3, -0.25) is 0 Å². The van der Waals surface area contributed by atoms with Crippen molar-refractivity contribution in [2.45, 2.75) is 25.9 Å². The number of nitrogens with one attached hydrogen (secondary N) is 1. The summed E-state index contributed by atoms with van der Waals surface area (Å²) in [6.07, 6.45) is 1.95. The summed E-state index contributed by atoms with van der Waals surface area (Å²) in [4.78, 5) is 13.3. The molecule has 1 atom stereocenters. The van der Waals surface area contributed by atoms with Crippen LogP contribution >= 0.6 is 0 Å². The number of alkyl carbamates (subject to hydrolysis) is 1. The standard InChI is InChI=1S/C14H20N2O2/c1-2-3-9-16(12-7-5-4-6-8-12)11-13-10-15-14(17)18-13/h4-8,13H,2-3,9-11H2,1H3,(H,15,17)/t13-/m0/s1. The van der Waals surface area contributed by atoms with Crippen molar-refractivity contribution >= 4 is 11.8 Å². The van der Waals surface area contributed by atoms with Crippen molar-refractivity contribution in [3.05, 3.63) is 30.3 Å². The molecule has 0 radical (unpaired) electrons. The molecule has 0 aromatic heterocycles. The number of amides is 1. The topological polar surface area (TPSA) is 41.6 Å². The summed E-state index contributed by atoms with van der Waals surface area (Å²) in [6, 6.07) is 10.3. The van der Waals surface area contributed by atoms with Crippen molar-refractivity contribution in [3.8, 4) is 0 Å². The van der Waals surface area contributed by atoms with Crippen LogP contribution in [-0.2, 0) is 4.74 Å². The number of benzene rings is 1. The number of para-hydroxylation sites is 1. The largest absolute Gasteiger partial charge is 0.442 e. The summed E-state index contributed by atoms with van der Waals surface area (Å²) in [5.74, 6) is 0. The first-order valence-corrected chi connectivity index (χ1v) is 6.54. The lowest BCUT2D eigenvalue weighted by molar-refractivity contribution is 0.142. The lowest BCUT2D eigenvalue weighted by atomic mass is 10.2. The molecule has 1 heterocycles. The van der Waals surface area contributed by atoms with Crippen LogP contribution in [0.15, 0.2) is 30.3 Å². The molecule has 0 bridgehead atoms. The first-order chi connectivity index (χ1) is 8.79. The zero-order chi connectivity index (χ0) is 12.8. The van der Waals surface area contributed by atoms with Gasteiger partial charge >= 0.3 is 6.09 Å². The molecular weight excluding hydrogens is 228 g/mol. The van der Waals surface area contributed by atoms with Gasteiger partial charge in [-0.25, -0.2) is 4.79 Å². The van der Waals surface area contributed by atoms with Crippen LogP contribution in [0, 0.1) is 0 Å². The molecule has 1 amide bonds. The summed E-state index contributed by atoms with van der Waals surface area (Å²) >= 11 is 0. The van der Waals surface area contributed by atoms with Gasteiger partial charge in [-0.2, -0.15) is 0 Å². The molecular formula is C14H20N2O2. The van der Waals surface area contributed by atoms with Crippen LogP contribution < -0.4 is 10.2 Å². The second kappa shape index (κ2) is 6.28. The zero-order valence-corrected chi connectivity index (χ0v) is 10.8. The number of ether oxygens (including phenoxy) is 1. The van der Waals surface area contributed by atoms with Crippen LogP contribution in [0.3, 0.4) is 0 Å². The third kappa shape index (κ3) is 3.39. The van der Waals surface area contributed by atoms with Crippen LogP contribution in [0.5, 0.6) is 0 Å². The smallest absolute Gasteiger partial charge is 0.407 e. The lowest BCUT2D eigenvalue weighted by Gasteiger charge is -2.26.